The van der Waals surface area contributed by atoms with Crippen LogP contribution in [0.15, 0.2) is 31.8 Å². The summed E-state index contributed by atoms with van der Waals surface area (Å²) in [6.45, 7) is 2.86. The molecule has 0 amide bonds. The van der Waals surface area contributed by atoms with Gasteiger partial charge in [0, 0.05) is 9.75 Å². The van der Waals surface area contributed by atoms with E-state index in [1.807, 2.05) is 12.1 Å². The lowest BCUT2D eigenvalue weighted by molar-refractivity contribution is 0.485. The zero-order chi connectivity index (χ0) is 23.4. The van der Waals surface area contributed by atoms with E-state index in [1.165, 1.54) is 61.2 Å². The van der Waals surface area contributed by atoms with Crippen LogP contribution in [0.4, 0.5) is 8.78 Å². The molecule has 4 rings (SSSR count). The van der Waals surface area contributed by atoms with Gasteiger partial charge in [0.15, 0.2) is 11.6 Å². The molecule has 0 aliphatic rings. The van der Waals surface area contributed by atoms with Crippen molar-refractivity contribution in [2.24, 2.45) is 0 Å². The first kappa shape index (κ1) is 24.9. The Morgan fingerprint density at radius 2 is 1.18 bits per heavy atom. The van der Waals surface area contributed by atoms with Crippen molar-refractivity contribution in [1.82, 2.24) is 15.0 Å². The maximum Gasteiger partial charge on any atom is 0.170 e. The molecule has 0 aliphatic heterocycles. The van der Waals surface area contributed by atoms with Crippen LogP contribution in [0.5, 0.6) is 0 Å². The molecule has 0 N–H and O–H groups in total. The van der Waals surface area contributed by atoms with E-state index in [0.29, 0.717) is 27.3 Å². The largest absolute Gasteiger partial charge is 0.203 e. The van der Waals surface area contributed by atoms with E-state index < -0.39 is 11.6 Å². The van der Waals surface area contributed by atoms with Crippen LogP contribution in [-0.4, -0.2) is 15.0 Å². The van der Waals surface area contributed by atoms with Crippen molar-refractivity contribution in [2.45, 2.75) is 64.8 Å². The fourth-order valence-electron chi connectivity index (χ4n) is 3.95. The standard InChI is InChI=1S/C24H25Br2F2N3S2/c1-2-3-4-5-6-7-8-9-14-31-29-23-19(15-10-12-17(25)32-15)21(27)22(28)20(24(23)30-31)16-11-13-18(26)33-16/h10-13H,2-9,14H2,1H3. The first-order valence-corrected chi connectivity index (χ1v) is 14.5. The molecule has 9 heteroatoms. The molecule has 0 atom stereocenters. The molecule has 0 fully saturated rings. The Hall–Kier alpha value is -1.16. The number of benzene rings is 1. The third-order valence-corrected chi connectivity index (χ3v) is 8.89. The predicted molar refractivity (Wildman–Crippen MR) is 142 cm³/mol. The summed E-state index contributed by atoms with van der Waals surface area (Å²) >= 11 is 9.55. The molecule has 3 heterocycles. The number of aryl methyl sites for hydroxylation is 1. The van der Waals surface area contributed by atoms with Crippen LogP contribution in [0.25, 0.3) is 31.9 Å². The Bertz CT molecular complexity index is 1150. The Morgan fingerprint density at radius 1 is 0.727 bits per heavy atom. The van der Waals surface area contributed by atoms with Crippen molar-refractivity contribution in [3.05, 3.63) is 43.5 Å². The third-order valence-electron chi connectivity index (χ3n) is 5.61. The second kappa shape index (κ2) is 11.5. The minimum atomic E-state index is -0.879. The fourth-order valence-corrected chi connectivity index (χ4v) is 6.80. The van der Waals surface area contributed by atoms with Gasteiger partial charge in [0.2, 0.25) is 0 Å². The summed E-state index contributed by atoms with van der Waals surface area (Å²) < 4.78 is 32.5. The number of halogens is 4. The zero-order valence-corrected chi connectivity index (χ0v) is 23.1. The number of hydrogen-bond donors (Lipinski definition) is 0. The van der Waals surface area contributed by atoms with Gasteiger partial charge in [-0.2, -0.15) is 15.0 Å². The van der Waals surface area contributed by atoms with Crippen molar-refractivity contribution < 1.29 is 8.78 Å². The van der Waals surface area contributed by atoms with Gasteiger partial charge in [-0.05, 0) is 62.5 Å². The second-order valence-electron chi connectivity index (χ2n) is 8.05. The normalized spacial score (nSPS) is 11.7. The Morgan fingerprint density at radius 3 is 1.61 bits per heavy atom. The van der Waals surface area contributed by atoms with Crippen LogP contribution in [0.2, 0.25) is 0 Å². The topological polar surface area (TPSA) is 30.7 Å². The molecular weight excluding hydrogens is 592 g/mol. The van der Waals surface area contributed by atoms with Crippen LogP contribution in [0.3, 0.4) is 0 Å². The van der Waals surface area contributed by atoms with E-state index >= 15 is 8.78 Å². The summed E-state index contributed by atoms with van der Waals surface area (Å²) in [4.78, 5) is 2.86. The molecule has 33 heavy (non-hydrogen) atoms. The number of thiophene rings is 2. The van der Waals surface area contributed by atoms with Crippen LogP contribution in [0.1, 0.15) is 58.3 Å². The summed E-state index contributed by atoms with van der Waals surface area (Å²) in [5.74, 6) is -1.76. The third kappa shape index (κ3) is 5.74. The van der Waals surface area contributed by atoms with Crippen LogP contribution in [-0.2, 0) is 6.54 Å². The Balaban J connectivity index is 1.64. The predicted octanol–water partition coefficient (Wildman–Crippen LogP) is 9.83. The molecule has 4 aromatic rings. The molecule has 0 saturated heterocycles. The highest BCUT2D eigenvalue weighted by molar-refractivity contribution is 9.11. The fraction of sp³-hybridized carbons (Fsp3) is 0.417. The Kier molecular flexibility index (Phi) is 8.70. The van der Waals surface area contributed by atoms with Crippen molar-refractivity contribution >= 4 is 65.6 Å². The number of hydrogen-bond acceptors (Lipinski definition) is 4. The zero-order valence-electron chi connectivity index (χ0n) is 18.3. The quantitative estimate of drug-likeness (QED) is 0.157. The van der Waals surface area contributed by atoms with Crippen molar-refractivity contribution in [3.63, 3.8) is 0 Å². The van der Waals surface area contributed by atoms with E-state index in [4.69, 9.17) is 0 Å². The summed E-state index contributed by atoms with van der Waals surface area (Å²) in [5, 5.41) is 9.27. The average molecular weight is 617 g/mol. The molecule has 3 aromatic heterocycles. The van der Waals surface area contributed by atoms with Crippen molar-refractivity contribution in [1.29, 1.82) is 0 Å². The van der Waals surface area contributed by atoms with Crippen LogP contribution >= 0.6 is 54.5 Å². The molecule has 0 bridgehead atoms. The molecule has 0 spiro atoms. The highest BCUT2D eigenvalue weighted by Crippen LogP contribution is 2.43. The molecule has 176 valence electrons. The van der Waals surface area contributed by atoms with E-state index in [-0.39, 0.29) is 11.1 Å². The SMILES string of the molecule is CCCCCCCCCCn1nc2c(-c3ccc(Br)s3)c(F)c(F)c(-c3ccc(Br)s3)c2n1. The minimum Gasteiger partial charge on any atom is -0.203 e. The molecular formula is C24H25Br2F2N3S2. The van der Waals surface area contributed by atoms with E-state index in [0.717, 1.165) is 20.4 Å². The highest BCUT2D eigenvalue weighted by Gasteiger charge is 2.27. The molecule has 0 aliphatic carbocycles. The molecule has 0 unspecified atom stereocenters. The van der Waals surface area contributed by atoms with E-state index in [2.05, 4.69) is 49.0 Å². The summed E-state index contributed by atoms with van der Waals surface area (Å²) in [6.07, 6.45) is 9.65. The van der Waals surface area contributed by atoms with Gasteiger partial charge in [0.1, 0.15) is 11.0 Å². The smallest absolute Gasteiger partial charge is 0.170 e. The first-order chi connectivity index (χ1) is 16.0. The van der Waals surface area contributed by atoms with Crippen molar-refractivity contribution in [2.75, 3.05) is 0 Å². The van der Waals surface area contributed by atoms with Gasteiger partial charge < -0.3 is 0 Å². The van der Waals surface area contributed by atoms with Gasteiger partial charge in [-0.25, -0.2) is 8.78 Å². The number of nitrogens with zero attached hydrogens (tertiary/aromatic N) is 3. The number of aromatic nitrogens is 3. The van der Waals surface area contributed by atoms with Gasteiger partial charge in [-0.3, -0.25) is 0 Å². The van der Waals surface area contributed by atoms with Gasteiger partial charge in [0.05, 0.1) is 25.2 Å². The number of rotatable bonds is 11. The van der Waals surface area contributed by atoms with Gasteiger partial charge in [0.25, 0.3) is 0 Å². The summed E-state index contributed by atoms with van der Waals surface area (Å²) in [5.41, 5.74) is 1.17. The molecule has 0 saturated carbocycles. The van der Waals surface area contributed by atoms with E-state index in [9.17, 15) is 0 Å². The lowest BCUT2D eigenvalue weighted by Gasteiger charge is -2.07. The van der Waals surface area contributed by atoms with Gasteiger partial charge in [-0.1, -0.05) is 51.9 Å². The Labute approximate surface area is 217 Å². The lowest BCUT2D eigenvalue weighted by Crippen LogP contribution is -2.02. The monoisotopic (exact) mass is 615 g/mol. The number of unbranched alkanes of at least 4 members (excludes halogenated alkanes) is 7. The van der Waals surface area contributed by atoms with Gasteiger partial charge in [-0.15, -0.1) is 22.7 Å². The van der Waals surface area contributed by atoms with Crippen LogP contribution in [0, 0.1) is 11.6 Å². The second-order valence-corrected chi connectivity index (χ2v) is 13.0. The summed E-state index contributed by atoms with van der Waals surface area (Å²) in [6, 6.07) is 7.23. The molecule has 3 nitrogen and oxygen atoms in total. The summed E-state index contributed by atoms with van der Waals surface area (Å²) in [7, 11) is 0. The number of fused-ring (bicyclic) bond motifs is 1. The maximum atomic E-state index is 15.4. The van der Waals surface area contributed by atoms with Crippen molar-refractivity contribution in [3.8, 4) is 20.9 Å². The lowest BCUT2D eigenvalue weighted by atomic mass is 10.0. The first-order valence-electron chi connectivity index (χ1n) is 11.3. The highest BCUT2D eigenvalue weighted by atomic mass is 79.9. The maximum absolute atomic E-state index is 15.4. The van der Waals surface area contributed by atoms with E-state index in [1.54, 1.807) is 16.9 Å². The molecule has 1 aromatic carbocycles. The average Bonchev–Trinajstić information content (AvgIpc) is 3.51. The van der Waals surface area contributed by atoms with Crippen LogP contribution < -0.4 is 0 Å². The minimum absolute atomic E-state index is 0.180. The van der Waals surface area contributed by atoms with Gasteiger partial charge >= 0.3 is 0 Å². The molecule has 0 radical (unpaired) electrons.